The number of nitrogens with zero attached hydrogens (tertiary/aromatic N) is 4. The Kier molecular flexibility index (Phi) is 5.55. The molecule has 0 atom stereocenters. The highest BCUT2D eigenvalue weighted by atomic mass is 35.5. The quantitative estimate of drug-likeness (QED) is 0.373. The molecule has 6 nitrogen and oxygen atoms in total. The topological polar surface area (TPSA) is 71.8 Å². The van der Waals surface area contributed by atoms with Crippen molar-refractivity contribution >= 4 is 52.6 Å². The zero-order valence-electron chi connectivity index (χ0n) is 16.2. The highest BCUT2D eigenvalue weighted by molar-refractivity contribution is 8.04. The largest absolute Gasteiger partial charge is 0.479 e. The summed E-state index contributed by atoms with van der Waals surface area (Å²) in [6.07, 6.45) is 4.88. The Hall–Kier alpha value is -2.09. The number of nitrogens with one attached hydrogen (secondary N) is 1. The van der Waals surface area contributed by atoms with Crippen LogP contribution >= 0.6 is 35.0 Å². The van der Waals surface area contributed by atoms with Crippen molar-refractivity contribution < 1.29 is 4.74 Å². The highest BCUT2D eigenvalue weighted by Crippen LogP contribution is 2.49. The summed E-state index contributed by atoms with van der Waals surface area (Å²) >= 11 is 13.8. The van der Waals surface area contributed by atoms with Gasteiger partial charge in [-0.15, -0.1) is 0 Å². The second-order valence-electron chi connectivity index (χ2n) is 7.56. The Morgan fingerprint density at radius 1 is 1.24 bits per heavy atom. The van der Waals surface area contributed by atoms with Gasteiger partial charge in [-0.2, -0.15) is 10.1 Å². The molecule has 0 saturated heterocycles. The maximum absolute atomic E-state index is 6.23. The van der Waals surface area contributed by atoms with Crippen LogP contribution in [0.25, 0.3) is 0 Å². The van der Waals surface area contributed by atoms with Crippen LogP contribution in [0.1, 0.15) is 32.3 Å². The first-order chi connectivity index (χ1) is 13.9. The average Bonchev–Trinajstić information content (AvgIpc) is 2.67. The zero-order valence-corrected chi connectivity index (χ0v) is 18.5. The summed E-state index contributed by atoms with van der Waals surface area (Å²) in [4.78, 5) is 14.4. The number of aromatic nitrogens is 2. The molecule has 0 bridgehead atoms. The molecule has 2 aliphatic rings. The van der Waals surface area contributed by atoms with Gasteiger partial charge in [0.25, 0.3) is 0 Å². The number of rotatable bonds is 4. The van der Waals surface area contributed by atoms with Crippen molar-refractivity contribution in [2.24, 2.45) is 15.5 Å². The minimum absolute atomic E-state index is 0.0407. The van der Waals surface area contributed by atoms with Crippen LogP contribution < -0.4 is 10.2 Å². The van der Waals surface area contributed by atoms with Gasteiger partial charge in [0.15, 0.2) is 5.69 Å². The SMILES string of the molecule is COc1ncnc2c1N=C1CC(C)(C)CC(NN=Cc3ccc(Cl)cc3Cl)=C1S2. The number of methoxy groups -OCH3 is 1. The van der Waals surface area contributed by atoms with E-state index >= 15 is 0 Å². The molecule has 0 radical (unpaired) electrons. The van der Waals surface area contributed by atoms with Crippen molar-refractivity contribution in [2.75, 3.05) is 7.11 Å². The fourth-order valence-corrected chi connectivity index (χ4v) is 4.77. The van der Waals surface area contributed by atoms with E-state index in [0.29, 0.717) is 21.6 Å². The van der Waals surface area contributed by atoms with Crippen molar-refractivity contribution in [1.82, 2.24) is 15.4 Å². The van der Waals surface area contributed by atoms with Gasteiger partial charge in [0.2, 0.25) is 5.88 Å². The van der Waals surface area contributed by atoms with Crippen molar-refractivity contribution in [2.45, 2.75) is 31.7 Å². The molecule has 29 heavy (non-hydrogen) atoms. The lowest BCUT2D eigenvalue weighted by atomic mass is 9.78. The van der Waals surface area contributed by atoms with E-state index in [0.717, 1.165) is 39.7 Å². The second kappa shape index (κ2) is 7.97. The average molecular weight is 448 g/mol. The Balaban J connectivity index is 1.67. The molecule has 2 heterocycles. The lowest BCUT2D eigenvalue weighted by Gasteiger charge is -2.35. The molecule has 1 aliphatic carbocycles. The van der Waals surface area contributed by atoms with Gasteiger partial charge in [0.1, 0.15) is 11.4 Å². The zero-order chi connectivity index (χ0) is 20.6. The predicted molar refractivity (Wildman–Crippen MR) is 119 cm³/mol. The third kappa shape index (κ3) is 4.27. The number of allylic oxidation sites excluding steroid dienone is 2. The molecule has 0 amide bonds. The smallest absolute Gasteiger partial charge is 0.244 e. The number of benzene rings is 1. The number of ether oxygens (including phenoxy) is 1. The molecule has 0 unspecified atom stereocenters. The Bertz CT molecular complexity index is 1060. The summed E-state index contributed by atoms with van der Waals surface area (Å²) in [6.45, 7) is 4.43. The minimum Gasteiger partial charge on any atom is -0.479 e. The van der Waals surface area contributed by atoms with Crippen LogP contribution in [0.2, 0.25) is 10.0 Å². The third-order valence-electron chi connectivity index (χ3n) is 4.60. The molecule has 2 aromatic rings. The van der Waals surface area contributed by atoms with E-state index in [1.165, 1.54) is 6.33 Å². The maximum Gasteiger partial charge on any atom is 0.244 e. The molecular weight excluding hydrogens is 429 g/mol. The Morgan fingerprint density at radius 3 is 2.83 bits per heavy atom. The Morgan fingerprint density at radius 2 is 2.07 bits per heavy atom. The first-order valence-corrected chi connectivity index (χ1v) is 10.6. The number of aliphatic imine (C=N–C) groups is 1. The molecule has 1 aromatic heterocycles. The van der Waals surface area contributed by atoms with Gasteiger partial charge in [-0.1, -0.05) is 54.9 Å². The summed E-state index contributed by atoms with van der Waals surface area (Å²) < 4.78 is 5.36. The molecule has 1 aromatic carbocycles. The maximum atomic E-state index is 6.23. The lowest BCUT2D eigenvalue weighted by molar-refractivity contribution is 0.362. The van der Waals surface area contributed by atoms with Gasteiger partial charge >= 0.3 is 0 Å². The van der Waals surface area contributed by atoms with Crippen LogP contribution in [-0.2, 0) is 0 Å². The lowest BCUT2D eigenvalue weighted by Crippen LogP contribution is -2.30. The molecule has 9 heteroatoms. The van der Waals surface area contributed by atoms with E-state index in [1.807, 2.05) is 6.07 Å². The Labute approximate surface area is 183 Å². The minimum atomic E-state index is 0.0407. The van der Waals surface area contributed by atoms with Crippen molar-refractivity contribution in [3.63, 3.8) is 0 Å². The fourth-order valence-electron chi connectivity index (χ4n) is 3.31. The molecule has 0 spiro atoms. The molecule has 0 saturated carbocycles. The number of hydrogen-bond donors (Lipinski definition) is 1. The molecule has 0 fully saturated rings. The van der Waals surface area contributed by atoms with E-state index in [2.05, 4.69) is 34.3 Å². The van der Waals surface area contributed by atoms with Crippen LogP contribution in [0.3, 0.4) is 0 Å². The molecule has 150 valence electrons. The predicted octanol–water partition coefficient (Wildman–Crippen LogP) is 5.63. The molecule has 1 N–H and O–H groups in total. The van der Waals surface area contributed by atoms with E-state index in [-0.39, 0.29) is 5.41 Å². The number of fused-ring (bicyclic) bond motifs is 2. The van der Waals surface area contributed by atoms with E-state index in [1.54, 1.807) is 37.2 Å². The van der Waals surface area contributed by atoms with Gasteiger partial charge in [-0.25, -0.2) is 9.98 Å². The van der Waals surface area contributed by atoms with Crippen LogP contribution in [-0.4, -0.2) is 29.0 Å². The van der Waals surface area contributed by atoms with Crippen molar-refractivity contribution in [3.05, 3.63) is 50.7 Å². The highest BCUT2D eigenvalue weighted by Gasteiger charge is 2.35. The summed E-state index contributed by atoms with van der Waals surface area (Å²) in [6, 6.07) is 5.31. The van der Waals surface area contributed by atoms with Crippen molar-refractivity contribution in [1.29, 1.82) is 0 Å². The molecular formula is C20H19Cl2N5OS. The van der Waals surface area contributed by atoms with E-state index in [9.17, 15) is 0 Å². The van der Waals surface area contributed by atoms with Crippen LogP contribution in [0.5, 0.6) is 5.88 Å². The van der Waals surface area contributed by atoms with Gasteiger partial charge in [-0.3, -0.25) is 5.43 Å². The number of hydrogen-bond acceptors (Lipinski definition) is 7. The number of thioether (sulfide) groups is 1. The third-order valence-corrected chi connectivity index (χ3v) is 6.34. The van der Waals surface area contributed by atoms with E-state index in [4.69, 9.17) is 32.9 Å². The van der Waals surface area contributed by atoms with Crippen LogP contribution in [0, 0.1) is 5.41 Å². The van der Waals surface area contributed by atoms with Gasteiger partial charge < -0.3 is 4.74 Å². The van der Waals surface area contributed by atoms with E-state index < -0.39 is 0 Å². The van der Waals surface area contributed by atoms with Crippen LogP contribution in [0.15, 0.2) is 50.2 Å². The summed E-state index contributed by atoms with van der Waals surface area (Å²) in [7, 11) is 1.59. The number of hydrazone groups is 1. The van der Waals surface area contributed by atoms with Gasteiger partial charge in [0, 0.05) is 16.3 Å². The summed E-state index contributed by atoms with van der Waals surface area (Å²) in [5.41, 5.74) is 6.73. The normalized spacial score (nSPS) is 17.6. The monoisotopic (exact) mass is 447 g/mol. The van der Waals surface area contributed by atoms with Crippen molar-refractivity contribution in [3.8, 4) is 5.88 Å². The van der Waals surface area contributed by atoms with Crippen LogP contribution in [0.4, 0.5) is 5.69 Å². The first kappa shape index (κ1) is 20.2. The second-order valence-corrected chi connectivity index (χ2v) is 9.40. The first-order valence-electron chi connectivity index (χ1n) is 8.98. The summed E-state index contributed by atoms with van der Waals surface area (Å²) in [5.74, 6) is 0.488. The van der Waals surface area contributed by atoms with Gasteiger partial charge in [-0.05, 0) is 30.4 Å². The van der Waals surface area contributed by atoms with Gasteiger partial charge in [0.05, 0.1) is 29.0 Å². The summed E-state index contributed by atoms with van der Waals surface area (Å²) in [5, 5.41) is 6.34. The molecule has 4 rings (SSSR count). The standard InChI is InChI=1S/C20H19Cl2N5OS/c1-20(2)7-14-17(29-19-16(26-14)18(28-3)23-10-24-19)15(8-20)27-25-9-11-4-5-12(21)6-13(11)22/h4-6,9-10,27H,7-8H2,1-3H3. The number of halogens is 2. The molecule has 1 aliphatic heterocycles. The fraction of sp³-hybridized carbons (Fsp3) is 0.300.